The van der Waals surface area contributed by atoms with Crippen molar-refractivity contribution in [3.63, 3.8) is 0 Å². The van der Waals surface area contributed by atoms with E-state index in [0.29, 0.717) is 6.04 Å². The Labute approximate surface area is 97.2 Å². The Kier molecular flexibility index (Phi) is 4.79. The van der Waals surface area contributed by atoms with Crippen LogP contribution in [0.25, 0.3) is 0 Å². The first-order valence-corrected chi connectivity index (χ1v) is 7.42. The van der Waals surface area contributed by atoms with E-state index in [1.807, 2.05) is 0 Å². The molecule has 2 fully saturated rings. The molecule has 0 aromatic carbocycles. The van der Waals surface area contributed by atoms with E-state index >= 15 is 0 Å². The lowest BCUT2D eigenvalue weighted by Gasteiger charge is -2.29. The highest BCUT2D eigenvalue weighted by Gasteiger charge is 2.20. The number of aliphatic hydroxyl groups excluding tert-OH is 1. The smallest absolute Gasteiger partial charge is 0.0541 e. The summed E-state index contributed by atoms with van der Waals surface area (Å²) in [5, 5.41) is 13.9. The van der Waals surface area contributed by atoms with E-state index in [0.717, 1.165) is 18.1 Å². The first-order valence-electron chi connectivity index (χ1n) is 6.37. The molecule has 1 heterocycles. The molecule has 2 nitrogen and oxygen atoms in total. The Morgan fingerprint density at radius 1 is 1.07 bits per heavy atom. The van der Waals surface area contributed by atoms with Crippen molar-refractivity contribution in [2.24, 2.45) is 0 Å². The fraction of sp³-hybridized carbons (Fsp3) is 1.00. The summed E-state index contributed by atoms with van der Waals surface area (Å²) in [5.41, 5.74) is 0. The van der Waals surface area contributed by atoms with Crippen LogP contribution in [0.15, 0.2) is 0 Å². The Balaban J connectivity index is 1.60. The van der Waals surface area contributed by atoms with Crippen molar-refractivity contribution in [1.82, 2.24) is 5.32 Å². The molecule has 0 spiro atoms. The topological polar surface area (TPSA) is 32.3 Å². The maximum Gasteiger partial charge on any atom is 0.0541 e. The normalized spacial score (nSPS) is 37.8. The fourth-order valence-electron chi connectivity index (χ4n) is 2.55. The molecule has 1 aliphatic heterocycles. The van der Waals surface area contributed by atoms with Gasteiger partial charge in [-0.1, -0.05) is 6.42 Å². The summed E-state index contributed by atoms with van der Waals surface area (Å²) in [6.45, 7) is 1.19. The van der Waals surface area contributed by atoms with Crippen molar-refractivity contribution in [2.45, 2.75) is 62.3 Å². The van der Waals surface area contributed by atoms with Crippen LogP contribution in [-0.4, -0.2) is 34.8 Å². The van der Waals surface area contributed by atoms with Crippen molar-refractivity contribution < 1.29 is 5.11 Å². The molecule has 1 atom stereocenters. The Bertz CT molecular complexity index is 174. The van der Waals surface area contributed by atoms with Crippen LogP contribution in [0.1, 0.15) is 44.9 Å². The molecule has 1 saturated heterocycles. The first kappa shape index (κ1) is 11.7. The van der Waals surface area contributed by atoms with Gasteiger partial charge in [0.2, 0.25) is 0 Å². The Morgan fingerprint density at radius 2 is 1.87 bits per heavy atom. The zero-order valence-corrected chi connectivity index (χ0v) is 10.3. The second-order valence-corrected chi connectivity index (χ2v) is 6.31. The molecule has 15 heavy (non-hydrogen) atoms. The highest BCUT2D eigenvalue weighted by atomic mass is 32.2. The summed E-state index contributed by atoms with van der Waals surface area (Å²) in [5.74, 6) is 1.36. The number of aliphatic hydroxyl groups is 1. The predicted octanol–water partition coefficient (Wildman–Crippen LogP) is 2.17. The van der Waals surface area contributed by atoms with E-state index in [2.05, 4.69) is 17.1 Å². The standard InChI is InChI=1S/C12H23NOS/c14-11-6-4-10(5-7-11)13-9-12-3-1-2-8-15-12/h10-14H,1-9H2. The fourth-order valence-corrected chi connectivity index (χ4v) is 3.80. The van der Waals surface area contributed by atoms with Crippen molar-refractivity contribution in [1.29, 1.82) is 0 Å². The van der Waals surface area contributed by atoms with Crippen LogP contribution in [0.5, 0.6) is 0 Å². The molecule has 0 aromatic rings. The van der Waals surface area contributed by atoms with Gasteiger partial charge in [-0.05, 0) is 44.3 Å². The molecular weight excluding hydrogens is 206 g/mol. The lowest BCUT2D eigenvalue weighted by Crippen LogP contribution is -2.38. The summed E-state index contributed by atoms with van der Waals surface area (Å²) in [6.07, 6.45) is 8.53. The van der Waals surface area contributed by atoms with Gasteiger partial charge < -0.3 is 10.4 Å². The van der Waals surface area contributed by atoms with Gasteiger partial charge in [-0.2, -0.15) is 11.8 Å². The highest BCUT2D eigenvalue weighted by Crippen LogP contribution is 2.25. The molecule has 2 aliphatic rings. The van der Waals surface area contributed by atoms with E-state index in [1.165, 1.54) is 44.4 Å². The van der Waals surface area contributed by atoms with Gasteiger partial charge in [0.05, 0.1) is 6.10 Å². The summed E-state index contributed by atoms with van der Waals surface area (Å²) in [7, 11) is 0. The van der Waals surface area contributed by atoms with Gasteiger partial charge in [0.1, 0.15) is 0 Å². The molecule has 0 radical (unpaired) electrons. The van der Waals surface area contributed by atoms with Gasteiger partial charge in [-0.25, -0.2) is 0 Å². The third-order valence-electron chi connectivity index (χ3n) is 3.60. The molecular formula is C12H23NOS. The molecule has 2 rings (SSSR count). The number of thioether (sulfide) groups is 1. The van der Waals surface area contributed by atoms with Crippen LogP contribution in [0.3, 0.4) is 0 Å². The Morgan fingerprint density at radius 3 is 2.53 bits per heavy atom. The monoisotopic (exact) mass is 229 g/mol. The van der Waals surface area contributed by atoms with Crippen LogP contribution in [0, 0.1) is 0 Å². The molecule has 88 valence electrons. The summed E-state index contributed by atoms with van der Waals surface area (Å²) >= 11 is 2.14. The quantitative estimate of drug-likeness (QED) is 0.778. The largest absolute Gasteiger partial charge is 0.393 e. The molecule has 0 aromatic heterocycles. The second-order valence-electron chi connectivity index (χ2n) is 4.90. The van der Waals surface area contributed by atoms with Crippen LogP contribution in [0.2, 0.25) is 0 Å². The van der Waals surface area contributed by atoms with Gasteiger partial charge in [0.15, 0.2) is 0 Å². The zero-order chi connectivity index (χ0) is 10.5. The number of nitrogens with one attached hydrogen (secondary N) is 1. The third-order valence-corrected chi connectivity index (χ3v) is 5.00. The molecule has 2 N–H and O–H groups in total. The van der Waals surface area contributed by atoms with Crippen molar-refractivity contribution in [3.05, 3.63) is 0 Å². The first-order chi connectivity index (χ1) is 7.34. The van der Waals surface area contributed by atoms with Gasteiger partial charge in [-0.15, -0.1) is 0 Å². The average molecular weight is 229 g/mol. The van der Waals surface area contributed by atoms with Crippen LogP contribution < -0.4 is 5.32 Å². The molecule has 1 aliphatic carbocycles. The minimum Gasteiger partial charge on any atom is -0.393 e. The summed E-state index contributed by atoms with van der Waals surface area (Å²) in [4.78, 5) is 0. The second kappa shape index (κ2) is 6.12. The molecule has 1 saturated carbocycles. The van der Waals surface area contributed by atoms with Crippen molar-refractivity contribution >= 4 is 11.8 Å². The van der Waals surface area contributed by atoms with Gasteiger partial charge >= 0.3 is 0 Å². The molecule has 1 unspecified atom stereocenters. The van der Waals surface area contributed by atoms with Gasteiger partial charge in [0.25, 0.3) is 0 Å². The van der Waals surface area contributed by atoms with E-state index in [4.69, 9.17) is 0 Å². The number of rotatable bonds is 3. The number of hydrogen-bond donors (Lipinski definition) is 2. The van der Waals surface area contributed by atoms with Gasteiger partial charge in [0, 0.05) is 17.8 Å². The number of hydrogen-bond acceptors (Lipinski definition) is 3. The highest BCUT2D eigenvalue weighted by molar-refractivity contribution is 7.99. The van der Waals surface area contributed by atoms with Gasteiger partial charge in [-0.3, -0.25) is 0 Å². The zero-order valence-electron chi connectivity index (χ0n) is 9.45. The van der Waals surface area contributed by atoms with Crippen molar-refractivity contribution in [3.8, 4) is 0 Å². The molecule has 0 bridgehead atoms. The summed E-state index contributed by atoms with van der Waals surface area (Å²) in [6, 6.07) is 0.677. The third kappa shape index (κ3) is 3.97. The van der Waals surface area contributed by atoms with E-state index < -0.39 is 0 Å². The predicted molar refractivity (Wildman–Crippen MR) is 66.4 cm³/mol. The maximum atomic E-state index is 9.41. The van der Waals surface area contributed by atoms with Crippen molar-refractivity contribution in [2.75, 3.05) is 12.3 Å². The lowest BCUT2D eigenvalue weighted by atomic mass is 9.93. The molecule has 3 heteroatoms. The maximum absolute atomic E-state index is 9.41. The van der Waals surface area contributed by atoms with Crippen LogP contribution in [0.4, 0.5) is 0 Å². The van der Waals surface area contributed by atoms with Crippen LogP contribution in [-0.2, 0) is 0 Å². The minimum absolute atomic E-state index is 0.0212. The van der Waals surface area contributed by atoms with E-state index in [9.17, 15) is 5.11 Å². The summed E-state index contributed by atoms with van der Waals surface area (Å²) < 4.78 is 0. The average Bonchev–Trinajstić information content (AvgIpc) is 2.30. The van der Waals surface area contributed by atoms with E-state index in [1.54, 1.807) is 0 Å². The van der Waals surface area contributed by atoms with E-state index in [-0.39, 0.29) is 6.10 Å². The molecule has 0 amide bonds. The minimum atomic E-state index is -0.0212. The van der Waals surface area contributed by atoms with Crippen LogP contribution >= 0.6 is 11.8 Å². The lowest BCUT2D eigenvalue weighted by molar-refractivity contribution is 0.117. The Hall–Kier alpha value is 0.270. The SMILES string of the molecule is OC1CCC(NCC2CCCCS2)CC1.